The van der Waals surface area contributed by atoms with Crippen molar-refractivity contribution in [3.05, 3.63) is 48.5 Å². The molecule has 2 aliphatic rings. The maximum absolute atomic E-state index is 12.4. The Hall–Kier alpha value is -1.88. The molecule has 0 N–H and O–H groups in total. The molecule has 2 heterocycles. The molecular formula is C19H23N3O2Se. The van der Waals surface area contributed by atoms with Crippen LogP contribution in [-0.4, -0.2) is 64.1 Å². The van der Waals surface area contributed by atoms with Gasteiger partial charge in [0.25, 0.3) is 0 Å². The first kappa shape index (κ1) is 16.6. The molecule has 2 aromatic carbocycles. The topological polar surface area (TPSA) is 36.0 Å². The van der Waals surface area contributed by atoms with Crippen molar-refractivity contribution in [3.63, 3.8) is 0 Å². The van der Waals surface area contributed by atoms with Crippen LogP contribution in [-0.2, 0) is 3.83 Å². The van der Waals surface area contributed by atoms with E-state index in [1.165, 1.54) is 5.69 Å². The number of ether oxygens (including phenoxy) is 1. The first-order chi connectivity index (χ1) is 12.3. The van der Waals surface area contributed by atoms with Crippen molar-refractivity contribution in [3.8, 4) is 5.75 Å². The SMILES string of the molecule is COc1ccccc1N1CCN(CN2C[Se](=O)c3ccccc32)CC1. The second kappa shape index (κ2) is 7.16. The zero-order chi connectivity index (χ0) is 17.2. The minimum absolute atomic E-state index is 0.700. The number of piperazine rings is 1. The van der Waals surface area contributed by atoms with Crippen LogP contribution in [0.25, 0.3) is 0 Å². The Morgan fingerprint density at radius 2 is 1.64 bits per heavy atom. The van der Waals surface area contributed by atoms with E-state index in [0.29, 0.717) is 5.44 Å². The van der Waals surface area contributed by atoms with Crippen molar-refractivity contribution in [2.75, 3.05) is 55.2 Å². The number of para-hydroxylation sites is 3. The molecule has 5 nitrogen and oxygen atoms in total. The van der Waals surface area contributed by atoms with Gasteiger partial charge in [0.2, 0.25) is 0 Å². The fourth-order valence-corrected chi connectivity index (χ4v) is 6.31. The number of rotatable bonds is 4. The zero-order valence-electron chi connectivity index (χ0n) is 14.4. The monoisotopic (exact) mass is 405 g/mol. The summed E-state index contributed by atoms with van der Waals surface area (Å²) in [5, 5.41) is 0. The Morgan fingerprint density at radius 3 is 2.40 bits per heavy atom. The van der Waals surface area contributed by atoms with Crippen molar-refractivity contribution < 1.29 is 8.57 Å². The Labute approximate surface area is 152 Å². The van der Waals surface area contributed by atoms with E-state index < -0.39 is 13.8 Å². The van der Waals surface area contributed by atoms with Gasteiger partial charge in [0.1, 0.15) is 0 Å². The van der Waals surface area contributed by atoms with E-state index >= 15 is 0 Å². The van der Waals surface area contributed by atoms with E-state index in [1.54, 1.807) is 7.11 Å². The standard InChI is InChI=1S/C19H23N3O2Se/c1-24-18-8-4-2-6-16(18)21-12-10-20(11-13-21)14-22-15-25(23)19-9-5-3-7-17(19)22/h2-9H,10-15H2,1H3. The van der Waals surface area contributed by atoms with Crippen LogP contribution in [0.5, 0.6) is 5.75 Å². The Bertz CT molecular complexity index is 775. The number of methoxy groups -OCH3 is 1. The van der Waals surface area contributed by atoms with Gasteiger partial charge >= 0.3 is 153 Å². The number of anilines is 2. The maximum atomic E-state index is 12.4. The van der Waals surface area contributed by atoms with Gasteiger partial charge in [-0.15, -0.1) is 0 Å². The molecule has 25 heavy (non-hydrogen) atoms. The zero-order valence-corrected chi connectivity index (χ0v) is 16.1. The summed E-state index contributed by atoms with van der Waals surface area (Å²) in [5.41, 5.74) is 3.03. The molecule has 132 valence electrons. The van der Waals surface area contributed by atoms with Gasteiger partial charge < -0.3 is 0 Å². The predicted molar refractivity (Wildman–Crippen MR) is 102 cm³/mol. The minimum atomic E-state index is -1.89. The molecule has 0 amide bonds. The molecule has 1 unspecified atom stereocenters. The molecule has 2 aliphatic heterocycles. The van der Waals surface area contributed by atoms with Crippen LogP contribution >= 0.6 is 0 Å². The molecule has 0 spiro atoms. The number of hydrogen-bond acceptors (Lipinski definition) is 5. The quantitative estimate of drug-likeness (QED) is 0.722. The van der Waals surface area contributed by atoms with E-state index in [-0.39, 0.29) is 0 Å². The number of nitrogens with zero attached hydrogens (tertiary/aromatic N) is 3. The summed E-state index contributed by atoms with van der Waals surface area (Å²) >= 11 is -1.89. The van der Waals surface area contributed by atoms with Gasteiger partial charge in [-0.1, -0.05) is 0 Å². The van der Waals surface area contributed by atoms with Crippen molar-refractivity contribution in [1.82, 2.24) is 4.90 Å². The van der Waals surface area contributed by atoms with Crippen LogP contribution in [0.1, 0.15) is 0 Å². The summed E-state index contributed by atoms with van der Waals surface area (Å²) in [5.74, 6) is 0.934. The Balaban J connectivity index is 1.39. The number of benzene rings is 2. The Kier molecular flexibility index (Phi) is 4.75. The molecule has 6 heteroatoms. The van der Waals surface area contributed by atoms with Gasteiger partial charge in [-0.05, 0) is 0 Å². The van der Waals surface area contributed by atoms with Crippen LogP contribution in [0.4, 0.5) is 11.4 Å². The van der Waals surface area contributed by atoms with Crippen molar-refractivity contribution in [2.45, 2.75) is 0 Å². The molecule has 2 aromatic rings. The molecule has 0 bridgehead atoms. The molecule has 4 rings (SSSR count). The second-order valence-corrected chi connectivity index (χ2v) is 9.31. The van der Waals surface area contributed by atoms with Crippen molar-refractivity contribution >= 4 is 29.7 Å². The third kappa shape index (κ3) is 3.30. The second-order valence-electron chi connectivity index (χ2n) is 6.40. The van der Waals surface area contributed by atoms with E-state index in [4.69, 9.17) is 4.74 Å². The predicted octanol–water partition coefficient (Wildman–Crippen LogP) is 1.46. The fraction of sp³-hybridized carbons (Fsp3) is 0.368. The Morgan fingerprint density at radius 1 is 0.960 bits per heavy atom. The third-order valence-corrected chi connectivity index (χ3v) is 7.79. The molecule has 1 fully saturated rings. The van der Waals surface area contributed by atoms with Crippen LogP contribution in [0.3, 0.4) is 0 Å². The van der Waals surface area contributed by atoms with Gasteiger partial charge in [0.15, 0.2) is 0 Å². The average molecular weight is 404 g/mol. The number of hydrogen-bond donors (Lipinski definition) is 0. The molecule has 0 radical (unpaired) electrons. The molecule has 0 aromatic heterocycles. The third-order valence-electron chi connectivity index (χ3n) is 4.89. The van der Waals surface area contributed by atoms with Gasteiger partial charge in [-0.2, -0.15) is 0 Å². The van der Waals surface area contributed by atoms with Gasteiger partial charge in [-0.25, -0.2) is 0 Å². The van der Waals surface area contributed by atoms with Gasteiger partial charge in [0.05, 0.1) is 0 Å². The van der Waals surface area contributed by atoms with Crippen LogP contribution in [0.15, 0.2) is 48.5 Å². The van der Waals surface area contributed by atoms with E-state index in [1.807, 2.05) is 30.3 Å². The van der Waals surface area contributed by atoms with Crippen molar-refractivity contribution in [1.29, 1.82) is 0 Å². The molecule has 0 aliphatic carbocycles. The molecule has 1 atom stereocenters. The number of fused-ring (bicyclic) bond motifs is 1. The summed E-state index contributed by atoms with van der Waals surface area (Å²) < 4.78 is 18.9. The van der Waals surface area contributed by atoms with Crippen LogP contribution in [0, 0.1) is 0 Å². The van der Waals surface area contributed by atoms with Gasteiger partial charge in [0, 0.05) is 0 Å². The van der Waals surface area contributed by atoms with Gasteiger partial charge in [-0.3, -0.25) is 0 Å². The van der Waals surface area contributed by atoms with E-state index in [2.05, 4.69) is 32.9 Å². The first-order valence-corrected chi connectivity index (χ1v) is 11.4. The average Bonchev–Trinajstić information content (AvgIpc) is 2.98. The van der Waals surface area contributed by atoms with Crippen LogP contribution in [0.2, 0.25) is 0 Å². The summed E-state index contributed by atoms with van der Waals surface area (Å²) in [7, 11) is 1.72. The summed E-state index contributed by atoms with van der Waals surface area (Å²) in [6.45, 7) is 4.82. The van der Waals surface area contributed by atoms with E-state index in [0.717, 1.165) is 48.7 Å². The van der Waals surface area contributed by atoms with E-state index in [9.17, 15) is 3.83 Å². The summed E-state index contributed by atoms with van der Waals surface area (Å²) in [4.78, 5) is 7.12. The summed E-state index contributed by atoms with van der Waals surface area (Å²) in [6.07, 6.45) is 0. The molecule has 0 saturated carbocycles. The first-order valence-electron chi connectivity index (χ1n) is 8.59. The fourth-order valence-electron chi connectivity index (χ4n) is 3.57. The molecule has 1 saturated heterocycles. The summed E-state index contributed by atoms with van der Waals surface area (Å²) in [6, 6.07) is 16.3. The van der Waals surface area contributed by atoms with Crippen molar-refractivity contribution in [2.24, 2.45) is 0 Å². The molecular weight excluding hydrogens is 381 g/mol. The normalized spacial score (nSPS) is 20.6. The van der Waals surface area contributed by atoms with Crippen LogP contribution < -0.4 is 19.0 Å².